The van der Waals surface area contributed by atoms with Crippen molar-refractivity contribution in [1.82, 2.24) is 4.90 Å². The van der Waals surface area contributed by atoms with Gasteiger partial charge in [0.15, 0.2) is 0 Å². The van der Waals surface area contributed by atoms with Crippen molar-refractivity contribution in [3.8, 4) is 0 Å². The van der Waals surface area contributed by atoms with E-state index >= 15 is 0 Å². The highest BCUT2D eigenvalue weighted by atomic mass is 19.1. The second kappa shape index (κ2) is 7.64. The molecule has 2 heterocycles. The second-order valence-electron chi connectivity index (χ2n) is 8.12. The molecular formula is C23H27FN2O2. The van der Waals surface area contributed by atoms with Gasteiger partial charge in [-0.3, -0.25) is 9.69 Å². The molecule has 28 heavy (non-hydrogen) atoms. The van der Waals surface area contributed by atoms with Crippen LogP contribution in [0.3, 0.4) is 0 Å². The van der Waals surface area contributed by atoms with Crippen LogP contribution < -0.4 is 4.90 Å². The third kappa shape index (κ3) is 3.56. The average molecular weight is 382 g/mol. The van der Waals surface area contributed by atoms with Gasteiger partial charge in [0.1, 0.15) is 12.4 Å². The van der Waals surface area contributed by atoms with Crippen LogP contribution in [-0.2, 0) is 21.5 Å². The molecule has 1 saturated heterocycles. The number of methoxy groups -OCH3 is 1. The Morgan fingerprint density at radius 2 is 1.96 bits per heavy atom. The zero-order chi connectivity index (χ0) is 19.7. The van der Waals surface area contributed by atoms with E-state index in [1.54, 1.807) is 19.2 Å². The van der Waals surface area contributed by atoms with E-state index in [4.69, 9.17) is 4.74 Å². The molecule has 5 heteroatoms. The molecule has 0 aliphatic carbocycles. The summed E-state index contributed by atoms with van der Waals surface area (Å²) >= 11 is 0. The van der Waals surface area contributed by atoms with Gasteiger partial charge in [0, 0.05) is 31.3 Å². The SMILES string of the molecule is COCC(=O)N1CC2(CCN(Cc3cccc(F)c3)CC2)c2cc(C)ccc21. The number of carbonyl (C=O) groups excluding carboxylic acids is 1. The van der Waals surface area contributed by atoms with Gasteiger partial charge >= 0.3 is 0 Å². The first-order valence-electron chi connectivity index (χ1n) is 9.88. The van der Waals surface area contributed by atoms with Crippen molar-refractivity contribution in [3.05, 3.63) is 65.0 Å². The number of hydrogen-bond donors (Lipinski definition) is 0. The van der Waals surface area contributed by atoms with Crippen LogP contribution in [0.5, 0.6) is 0 Å². The average Bonchev–Trinajstić information content (AvgIpc) is 2.98. The monoisotopic (exact) mass is 382 g/mol. The summed E-state index contributed by atoms with van der Waals surface area (Å²) in [5.41, 5.74) is 4.56. The largest absolute Gasteiger partial charge is 0.375 e. The molecular weight excluding hydrogens is 355 g/mol. The molecule has 1 spiro atoms. The quantitative estimate of drug-likeness (QED) is 0.809. The minimum Gasteiger partial charge on any atom is -0.375 e. The van der Waals surface area contributed by atoms with Crippen molar-refractivity contribution < 1.29 is 13.9 Å². The fraction of sp³-hybridized carbons (Fsp3) is 0.435. The molecule has 1 fully saturated rings. The topological polar surface area (TPSA) is 32.8 Å². The van der Waals surface area contributed by atoms with Crippen molar-refractivity contribution in [1.29, 1.82) is 0 Å². The van der Waals surface area contributed by atoms with Gasteiger partial charge in [-0.2, -0.15) is 0 Å². The highest BCUT2D eigenvalue weighted by Gasteiger charge is 2.46. The molecule has 0 atom stereocenters. The zero-order valence-electron chi connectivity index (χ0n) is 16.6. The number of aryl methyl sites for hydroxylation is 1. The van der Waals surface area contributed by atoms with Gasteiger partial charge in [-0.15, -0.1) is 0 Å². The van der Waals surface area contributed by atoms with Crippen LogP contribution in [0.2, 0.25) is 0 Å². The number of nitrogens with zero attached hydrogens (tertiary/aromatic N) is 2. The van der Waals surface area contributed by atoms with Crippen molar-refractivity contribution in [2.75, 3.05) is 38.3 Å². The Labute approximate surface area is 165 Å². The maximum Gasteiger partial charge on any atom is 0.252 e. The lowest BCUT2D eigenvalue weighted by molar-refractivity contribution is -0.122. The molecule has 4 nitrogen and oxygen atoms in total. The third-order valence-electron chi connectivity index (χ3n) is 6.15. The van der Waals surface area contributed by atoms with E-state index < -0.39 is 0 Å². The van der Waals surface area contributed by atoms with E-state index in [2.05, 4.69) is 30.0 Å². The Morgan fingerprint density at radius 3 is 2.68 bits per heavy atom. The summed E-state index contributed by atoms with van der Waals surface area (Å²) in [6.45, 7) is 5.58. The molecule has 4 rings (SSSR count). The van der Waals surface area contributed by atoms with Crippen LogP contribution >= 0.6 is 0 Å². The van der Waals surface area contributed by atoms with Gasteiger partial charge in [0.2, 0.25) is 0 Å². The van der Waals surface area contributed by atoms with Gasteiger partial charge in [-0.25, -0.2) is 4.39 Å². The number of anilines is 1. The number of benzene rings is 2. The number of carbonyl (C=O) groups is 1. The van der Waals surface area contributed by atoms with Crippen LogP contribution in [-0.4, -0.2) is 44.2 Å². The van der Waals surface area contributed by atoms with Crippen LogP contribution in [0.4, 0.5) is 10.1 Å². The van der Waals surface area contributed by atoms with Gasteiger partial charge in [-0.05, 0) is 62.2 Å². The van der Waals surface area contributed by atoms with Crippen LogP contribution in [0.25, 0.3) is 0 Å². The summed E-state index contributed by atoms with van der Waals surface area (Å²) in [5, 5.41) is 0. The Bertz CT molecular complexity index is 875. The number of ether oxygens (including phenoxy) is 1. The van der Waals surface area contributed by atoms with Crippen molar-refractivity contribution >= 4 is 11.6 Å². The van der Waals surface area contributed by atoms with Gasteiger partial charge in [0.05, 0.1) is 0 Å². The molecule has 2 aromatic rings. The smallest absolute Gasteiger partial charge is 0.252 e. The zero-order valence-corrected chi connectivity index (χ0v) is 16.6. The van der Waals surface area contributed by atoms with Crippen LogP contribution in [0, 0.1) is 12.7 Å². The predicted molar refractivity (Wildman–Crippen MR) is 108 cm³/mol. The molecule has 0 aromatic heterocycles. The Morgan fingerprint density at radius 1 is 1.18 bits per heavy atom. The molecule has 2 aliphatic rings. The molecule has 0 saturated carbocycles. The number of likely N-dealkylation sites (tertiary alicyclic amines) is 1. The molecule has 2 aromatic carbocycles. The first kappa shape index (κ1) is 19.1. The molecule has 0 N–H and O–H groups in total. The molecule has 0 radical (unpaired) electrons. The lowest BCUT2D eigenvalue weighted by Gasteiger charge is -2.40. The fourth-order valence-corrected chi connectivity index (χ4v) is 4.67. The van der Waals surface area contributed by atoms with E-state index in [1.165, 1.54) is 17.2 Å². The predicted octanol–water partition coefficient (Wildman–Crippen LogP) is 3.66. The Kier molecular flexibility index (Phi) is 5.21. The number of hydrogen-bond acceptors (Lipinski definition) is 3. The van der Waals surface area contributed by atoms with E-state index in [1.807, 2.05) is 11.0 Å². The fourth-order valence-electron chi connectivity index (χ4n) is 4.67. The first-order chi connectivity index (χ1) is 13.5. The van der Waals surface area contributed by atoms with E-state index in [-0.39, 0.29) is 23.7 Å². The summed E-state index contributed by atoms with van der Waals surface area (Å²) < 4.78 is 18.6. The number of rotatable bonds is 4. The highest BCUT2D eigenvalue weighted by Crippen LogP contribution is 2.47. The van der Waals surface area contributed by atoms with Crippen molar-refractivity contribution in [3.63, 3.8) is 0 Å². The van der Waals surface area contributed by atoms with E-state index in [0.717, 1.165) is 50.3 Å². The Hall–Kier alpha value is -2.24. The summed E-state index contributed by atoms with van der Waals surface area (Å²) in [7, 11) is 1.56. The molecule has 0 unspecified atom stereocenters. The van der Waals surface area contributed by atoms with Crippen molar-refractivity contribution in [2.45, 2.75) is 31.7 Å². The van der Waals surface area contributed by atoms with E-state index in [0.29, 0.717) is 0 Å². The van der Waals surface area contributed by atoms with Crippen molar-refractivity contribution in [2.24, 2.45) is 0 Å². The van der Waals surface area contributed by atoms with Gasteiger partial charge in [-0.1, -0.05) is 29.8 Å². The maximum absolute atomic E-state index is 13.5. The van der Waals surface area contributed by atoms with Crippen LogP contribution in [0.15, 0.2) is 42.5 Å². The molecule has 0 bridgehead atoms. The number of amides is 1. The molecule has 2 aliphatic heterocycles. The minimum atomic E-state index is -0.182. The standard InChI is InChI=1S/C23H27FN2O2/c1-17-6-7-21-20(12-17)23(16-26(21)22(27)15-28-2)8-10-25(11-9-23)14-18-4-3-5-19(24)13-18/h3-7,12-13H,8-11,14-16H2,1-2H3. The van der Waals surface area contributed by atoms with Gasteiger partial charge in [0.25, 0.3) is 5.91 Å². The third-order valence-corrected chi connectivity index (χ3v) is 6.15. The summed E-state index contributed by atoms with van der Waals surface area (Å²) in [4.78, 5) is 16.9. The minimum absolute atomic E-state index is 0.00317. The first-order valence-corrected chi connectivity index (χ1v) is 9.88. The summed E-state index contributed by atoms with van der Waals surface area (Å²) in [6.07, 6.45) is 1.99. The highest BCUT2D eigenvalue weighted by molar-refractivity contribution is 5.97. The van der Waals surface area contributed by atoms with E-state index in [9.17, 15) is 9.18 Å². The van der Waals surface area contributed by atoms with Crippen LogP contribution in [0.1, 0.15) is 29.5 Å². The molecule has 148 valence electrons. The summed E-state index contributed by atoms with van der Waals surface area (Å²) in [6, 6.07) is 13.2. The number of halogens is 1. The lowest BCUT2D eigenvalue weighted by atomic mass is 9.74. The lowest BCUT2D eigenvalue weighted by Crippen LogP contribution is -2.46. The Balaban J connectivity index is 1.53. The number of fused-ring (bicyclic) bond motifs is 2. The number of piperidine rings is 1. The maximum atomic E-state index is 13.5. The normalized spacial score (nSPS) is 18.5. The second-order valence-corrected chi connectivity index (χ2v) is 8.12. The van der Waals surface area contributed by atoms with Gasteiger partial charge < -0.3 is 9.64 Å². The summed E-state index contributed by atoms with van der Waals surface area (Å²) in [5.74, 6) is -0.162. The molecule has 1 amide bonds.